The lowest BCUT2D eigenvalue weighted by Gasteiger charge is -2.34. The molecule has 1 atom stereocenters. The predicted octanol–water partition coefficient (Wildman–Crippen LogP) is 4.28. The molecule has 3 rings (SSSR count). The SMILES string of the molecule is CNC(Cc1ccccc1)(c1cc(F)cc(C(F)(F)F)c1)c1nccn1C. The van der Waals surface area contributed by atoms with Gasteiger partial charge in [-0.1, -0.05) is 30.3 Å². The summed E-state index contributed by atoms with van der Waals surface area (Å²) < 4.78 is 55.7. The summed E-state index contributed by atoms with van der Waals surface area (Å²) in [5.41, 5.74) is -1.12. The number of halogens is 4. The zero-order valence-electron chi connectivity index (χ0n) is 14.9. The Morgan fingerprint density at radius 2 is 1.70 bits per heavy atom. The van der Waals surface area contributed by atoms with Crippen LogP contribution in [-0.4, -0.2) is 16.6 Å². The van der Waals surface area contributed by atoms with Crippen molar-refractivity contribution in [1.82, 2.24) is 14.9 Å². The fourth-order valence-electron chi connectivity index (χ4n) is 3.33. The molecule has 27 heavy (non-hydrogen) atoms. The smallest absolute Gasteiger partial charge is 0.336 e. The van der Waals surface area contributed by atoms with Crippen LogP contribution in [0.15, 0.2) is 60.9 Å². The van der Waals surface area contributed by atoms with Crippen LogP contribution in [0.3, 0.4) is 0 Å². The molecule has 0 aliphatic rings. The summed E-state index contributed by atoms with van der Waals surface area (Å²) in [6.45, 7) is 0. The minimum Gasteiger partial charge on any atom is -0.336 e. The van der Waals surface area contributed by atoms with Crippen molar-refractivity contribution in [3.63, 3.8) is 0 Å². The Morgan fingerprint density at radius 3 is 2.26 bits per heavy atom. The number of likely N-dealkylation sites (N-methyl/N-ethyl adjacent to an activating group) is 1. The van der Waals surface area contributed by atoms with Crippen molar-refractivity contribution in [3.05, 3.63) is 89.3 Å². The van der Waals surface area contributed by atoms with E-state index in [9.17, 15) is 17.6 Å². The van der Waals surface area contributed by atoms with Gasteiger partial charge in [-0.15, -0.1) is 0 Å². The average Bonchev–Trinajstić information content (AvgIpc) is 3.06. The zero-order chi connectivity index (χ0) is 19.7. The first kappa shape index (κ1) is 19.1. The van der Waals surface area contributed by atoms with Gasteiger partial charge in [0.1, 0.15) is 17.2 Å². The predicted molar refractivity (Wildman–Crippen MR) is 94.6 cm³/mol. The van der Waals surface area contributed by atoms with Crippen molar-refractivity contribution in [2.24, 2.45) is 7.05 Å². The van der Waals surface area contributed by atoms with Crippen molar-refractivity contribution in [3.8, 4) is 0 Å². The summed E-state index contributed by atoms with van der Waals surface area (Å²) in [6, 6.07) is 11.9. The quantitative estimate of drug-likeness (QED) is 0.673. The van der Waals surface area contributed by atoms with Gasteiger partial charge in [-0.05, 0) is 36.4 Å². The molecular weight excluding hydrogens is 358 g/mol. The van der Waals surface area contributed by atoms with Crippen LogP contribution in [0.5, 0.6) is 0 Å². The summed E-state index contributed by atoms with van der Waals surface area (Å²) in [6.07, 6.45) is -1.08. The first-order valence-corrected chi connectivity index (χ1v) is 8.35. The molecule has 0 saturated carbocycles. The van der Waals surface area contributed by atoms with Gasteiger partial charge in [-0.3, -0.25) is 0 Å². The normalized spacial score (nSPS) is 14.1. The first-order valence-electron chi connectivity index (χ1n) is 8.35. The Kier molecular flexibility index (Phi) is 5.06. The highest BCUT2D eigenvalue weighted by Crippen LogP contribution is 2.37. The summed E-state index contributed by atoms with van der Waals surface area (Å²) >= 11 is 0. The van der Waals surface area contributed by atoms with Crippen molar-refractivity contribution >= 4 is 0 Å². The van der Waals surface area contributed by atoms with Gasteiger partial charge in [0.15, 0.2) is 0 Å². The number of alkyl halides is 3. The molecule has 1 N–H and O–H groups in total. The third-order valence-corrected chi connectivity index (χ3v) is 4.66. The van der Waals surface area contributed by atoms with Crippen LogP contribution in [-0.2, 0) is 25.2 Å². The second-order valence-corrected chi connectivity index (χ2v) is 6.41. The van der Waals surface area contributed by atoms with Crippen LogP contribution in [0.4, 0.5) is 17.6 Å². The maximum atomic E-state index is 14.2. The second kappa shape index (κ2) is 7.15. The van der Waals surface area contributed by atoms with E-state index in [1.54, 1.807) is 31.1 Å². The molecule has 1 unspecified atom stereocenters. The number of aryl methyl sites for hydroxylation is 1. The first-order chi connectivity index (χ1) is 12.8. The van der Waals surface area contributed by atoms with E-state index < -0.39 is 23.1 Å². The molecule has 7 heteroatoms. The molecular formula is C20H19F4N3. The number of aromatic nitrogens is 2. The van der Waals surface area contributed by atoms with Crippen molar-refractivity contribution in [2.45, 2.75) is 18.1 Å². The number of benzene rings is 2. The summed E-state index contributed by atoms with van der Waals surface area (Å²) in [4.78, 5) is 4.35. The van der Waals surface area contributed by atoms with Gasteiger partial charge in [-0.25, -0.2) is 9.37 Å². The van der Waals surface area contributed by atoms with Crippen LogP contribution in [0.2, 0.25) is 0 Å². The van der Waals surface area contributed by atoms with Crippen LogP contribution in [0.1, 0.15) is 22.5 Å². The number of nitrogens with one attached hydrogen (secondary N) is 1. The molecule has 1 heterocycles. The van der Waals surface area contributed by atoms with Crippen molar-refractivity contribution in [2.75, 3.05) is 7.05 Å². The average molecular weight is 377 g/mol. The lowest BCUT2D eigenvalue weighted by Crippen LogP contribution is -2.45. The van der Waals surface area contributed by atoms with E-state index in [4.69, 9.17) is 0 Å². The number of hydrogen-bond acceptors (Lipinski definition) is 2. The molecule has 0 bridgehead atoms. The molecule has 142 valence electrons. The number of imidazole rings is 1. The lowest BCUT2D eigenvalue weighted by molar-refractivity contribution is -0.137. The number of rotatable bonds is 5. The van der Waals surface area contributed by atoms with Gasteiger partial charge in [0.05, 0.1) is 5.56 Å². The minimum absolute atomic E-state index is 0.162. The number of nitrogens with zero attached hydrogens (tertiary/aromatic N) is 2. The molecule has 0 amide bonds. The molecule has 0 fully saturated rings. The van der Waals surface area contributed by atoms with Crippen LogP contribution < -0.4 is 5.32 Å². The van der Waals surface area contributed by atoms with E-state index in [-0.39, 0.29) is 5.56 Å². The third kappa shape index (κ3) is 3.73. The fourth-order valence-corrected chi connectivity index (χ4v) is 3.33. The molecule has 2 aromatic carbocycles. The lowest BCUT2D eigenvalue weighted by atomic mass is 9.82. The standard InChI is InChI=1S/C20H19F4N3/c1-25-19(18-26-8-9-27(18)2,13-14-6-4-3-5-7-14)15-10-16(20(22,23)24)12-17(21)11-15/h3-12,25H,13H2,1-2H3. The maximum Gasteiger partial charge on any atom is 0.416 e. The van der Waals surface area contributed by atoms with Crippen LogP contribution in [0.25, 0.3) is 0 Å². The molecule has 1 aromatic heterocycles. The van der Waals surface area contributed by atoms with E-state index in [1.807, 2.05) is 30.3 Å². The van der Waals surface area contributed by atoms with E-state index in [0.717, 1.165) is 17.7 Å². The molecule has 3 aromatic rings. The fraction of sp³-hybridized carbons (Fsp3) is 0.250. The molecule has 0 saturated heterocycles. The minimum atomic E-state index is -4.65. The Morgan fingerprint density at radius 1 is 1.04 bits per heavy atom. The van der Waals surface area contributed by atoms with Crippen molar-refractivity contribution in [1.29, 1.82) is 0 Å². The van der Waals surface area contributed by atoms with Crippen molar-refractivity contribution < 1.29 is 17.6 Å². The molecule has 0 aliphatic carbocycles. The van der Waals surface area contributed by atoms with Crippen LogP contribution >= 0.6 is 0 Å². The molecule has 0 radical (unpaired) electrons. The van der Waals surface area contributed by atoms with Crippen LogP contribution in [0, 0.1) is 5.82 Å². The van der Waals surface area contributed by atoms with E-state index >= 15 is 0 Å². The summed E-state index contributed by atoms with van der Waals surface area (Å²) in [7, 11) is 3.39. The summed E-state index contributed by atoms with van der Waals surface area (Å²) in [5.74, 6) is -0.450. The largest absolute Gasteiger partial charge is 0.416 e. The monoisotopic (exact) mass is 377 g/mol. The van der Waals surface area contributed by atoms with Gasteiger partial charge in [-0.2, -0.15) is 13.2 Å². The highest BCUT2D eigenvalue weighted by molar-refractivity contribution is 5.39. The molecule has 0 aliphatic heterocycles. The van der Waals surface area contributed by atoms with E-state index in [1.165, 1.54) is 0 Å². The topological polar surface area (TPSA) is 29.9 Å². The third-order valence-electron chi connectivity index (χ3n) is 4.66. The van der Waals surface area contributed by atoms with Gasteiger partial charge < -0.3 is 9.88 Å². The maximum absolute atomic E-state index is 14.2. The van der Waals surface area contributed by atoms with E-state index in [2.05, 4.69) is 10.3 Å². The Labute approximate surface area is 154 Å². The Hall–Kier alpha value is -2.67. The Bertz CT molecular complexity index is 918. The summed E-state index contributed by atoms with van der Waals surface area (Å²) in [5, 5.41) is 3.11. The van der Waals surface area contributed by atoms with Gasteiger partial charge >= 0.3 is 6.18 Å². The highest BCUT2D eigenvalue weighted by Gasteiger charge is 2.39. The van der Waals surface area contributed by atoms with Gasteiger partial charge in [0, 0.05) is 25.9 Å². The van der Waals surface area contributed by atoms with Gasteiger partial charge in [0.2, 0.25) is 0 Å². The zero-order valence-corrected chi connectivity index (χ0v) is 14.9. The van der Waals surface area contributed by atoms with Gasteiger partial charge in [0.25, 0.3) is 0 Å². The second-order valence-electron chi connectivity index (χ2n) is 6.41. The Balaban J connectivity index is 2.24. The van der Waals surface area contributed by atoms with E-state index in [0.29, 0.717) is 18.3 Å². The molecule has 0 spiro atoms. The number of hydrogen-bond donors (Lipinski definition) is 1. The highest BCUT2D eigenvalue weighted by atomic mass is 19.4. The molecule has 3 nitrogen and oxygen atoms in total.